The minimum Gasteiger partial charge on any atom is -0.377 e. The molecule has 0 atom stereocenters. The van der Waals surface area contributed by atoms with Gasteiger partial charge in [-0.1, -0.05) is 24.3 Å². The molecule has 0 spiro atoms. The molecule has 0 bridgehead atoms. The van der Waals surface area contributed by atoms with Crippen LogP contribution in [0.15, 0.2) is 36.4 Å². The van der Waals surface area contributed by atoms with Gasteiger partial charge in [0, 0.05) is 16.5 Å². The average Bonchev–Trinajstić information content (AvgIpc) is 2.66. The van der Waals surface area contributed by atoms with E-state index in [2.05, 4.69) is 16.3 Å². The fourth-order valence-electron chi connectivity index (χ4n) is 2.98. The Bertz CT molecular complexity index is 879. The zero-order chi connectivity index (χ0) is 20.1. The molecule has 2 N–H and O–H groups in total. The molecule has 1 aliphatic heterocycles. The number of hydrogen-bond donors (Lipinski definition) is 2. The van der Waals surface area contributed by atoms with Gasteiger partial charge in [0.15, 0.2) is 0 Å². The lowest BCUT2D eigenvalue weighted by molar-refractivity contribution is 0.0259. The maximum Gasteiger partial charge on any atom is 0.321 e. The normalized spacial score (nSPS) is 14.1. The van der Waals surface area contributed by atoms with Crippen molar-refractivity contribution < 1.29 is 33.4 Å². The van der Waals surface area contributed by atoms with Crippen LogP contribution in [0.1, 0.15) is 20.7 Å². The van der Waals surface area contributed by atoms with Gasteiger partial charge >= 0.3 is 6.72 Å². The Hall–Kier alpha value is -1.71. The van der Waals surface area contributed by atoms with Crippen LogP contribution in [0.2, 0.25) is 0 Å². The summed E-state index contributed by atoms with van der Waals surface area (Å²) in [7, 11) is 0. The SMILES string of the molecule is O=C1c2cccc3cccc(c23)C(=O)N1CCOCCOCCOP(O)(O)=S. The first-order valence-electron chi connectivity index (χ1n) is 8.62. The summed E-state index contributed by atoms with van der Waals surface area (Å²) in [5, 5.41) is 1.57. The maximum absolute atomic E-state index is 12.7. The molecule has 0 unspecified atom stereocenters. The number of imide groups is 1. The highest BCUT2D eigenvalue weighted by Gasteiger charge is 2.32. The molecular weight excluding hydrogens is 405 g/mol. The van der Waals surface area contributed by atoms with E-state index in [-0.39, 0.29) is 51.4 Å². The van der Waals surface area contributed by atoms with Crippen LogP contribution < -0.4 is 0 Å². The number of hydrogen-bond acceptors (Lipinski definition) is 6. The molecule has 0 radical (unpaired) electrons. The molecule has 0 saturated heterocycles. The number of rotatable bonds is 10. The van der Waals surface area contributed by atoms with E-state index >= 15 is 0 Å². The summed E-state index contributed by atoms with van der Waals surface area (Å²) in [4.78, 5) is 44.4. The van der Waals surface area contributed by atoms with Crippen LogP contribution in [0.25, 0.3) is 10.8 Å². The van der Waals surface area contributed by atoms with Crippen LogP contribution in [0.3, 0.4) is 0 Å². The molecule has 2 aromatic carbocycles. The number of carbonyl (C=O) groups excluding carboxylic acids is 2. The summed E-state index contributed by atoms with van der Waals surface area (Å²) in [6, 6.07) is 10.8. The van der Waals surface area contributed by atoms with Gasteiger partial charge in [0.2, 0.25) is 0 Å². The van der Waals surface area contributed by atoms with Gasteiger partial charge in [-0.3, -0.25) is 14.5 Å². The summed E-state index contributed by atoms with van der Waals surface area (Å²) in [5.41, 5.74) is 1.04. The Morgan fingerprint density at radius 3 is 1.96 bits per heavy atom. The second kappa shape index (κ2) is 9.19. The third-order valence-corrected chi connectivity index (χ3v) is 5.01. The van der Waals surface area contributed by atoms with Crippen LogP contribution in [0, 0.1) is 0 Å². The number of nitrogens with zero attached hydrogens (tertiary/aromatic N) is 1. The average molecular weight is 425 g/mol. The molecule has 8 nitrogen and oxygen atoms in total. The molecule has 0 saturated carbocycles. The molecule has 10 heteroatoms. The quantitative estimate of drug-likeness (QED) is 0.337. The second-order valence-electron chi connectivity index (χ2n) is 6.02. The van der Waals surface area contributed by atoms with E-state index in [0.717, 1.165) is 5.39 Å². The first-order valence-corrected chi connectivity index (χ1v) is 11.2. The summed E-state index contributed by atoms with van der Waals surface area (Å²) in [5.74, 6) is -0.648. The van der Waals surface area contributed by atoms with Gasteiger partial charge in [-0.2, -0.15) is 0 Å². The smallest absolute Gasteiger partial charge is 0.321 e. The van der Waals surface area contributed by atoms with Gasteiger partial charge in [-0.25, -0.2) is 0 Å². The van der Waals surface area contributed by atoms with E-state index in [1.54, 1.807) is 24.3 Å². The zero-order valence-corrected chi connectivity index (χ0v) is 16.7. The first-order chi connectivity index (χ1) is 13.4. The molecule has 1 aliphatic rings. The van der Waals surface area contributed by atoms with Gasteiger partial charge in [-0.05, 0) is 29.3 Å². The van der Waals surface area contributed by atoms with Crippen LogP contribution >= 0.6 is 6.72 Å². The standard InChI is InChI=1S/C18H20NO7PS/c20-17-14-5-1-3-13-4-2-6-15(16(13)14)18(21)19(17)7-8-24-9-10-25-11-12-26-27(22,23)28/h1-6H,7-12H2,(H2,22,23,28). The van der Waals surface area contributed by atoms with Gasteiger partial charge in [0.25, 0.3) is 11.8 Å². The largest absolute Gasteiger partial charge is 0.377 e. The van der Waals surface area contributed by atoms with Crippen molar-refractivity contribution in [1.82, 2.24) is 4.90 Å². The highest BCUT2D eigenvalue weighted by molar-refractivity contribution is 8.06. The van der Waals surface area contributed by atoms with Gasteiger partial charge < -0.3 is 23.8 Å². The number of benzene rings is 2. The molecular formula is C18H20NO7PS. The Kier molecular flexibility index (Phi) is 6.90. The van der Waals surface area contributed by atoms with Crippen LogP contribution in [-0.2, 0) is 25.8 Å². The fraction of sp³-hybridized carbons (Fsp3) is 0.333. The number of ether oxygens (including phenoxy) is 2. The van der Waals surface area contributed by atoms with Gasteiger partial charge in [0.1, 0.15) is 0 Å². The van der Waals surface area contributed by atoms with Crippen molar-refractivity contribution in [3.8, 4) is 0 Å². The first kappa shape index (κ1) is 21.0. The van der Waals surface area contributed by atoms with Crippen LogP contribution in [-0.4, -0.2) is 66.1 Å². The molecule has 3 rings (SSSR count). The summed E-state index contributed by atoms with van der Waals surface area (Å²) in [6.07, 6.45) is 0. The summed E-state index contributed by atoms with van der Waals surface area (Å²) >= 11 is 4.31. The van der Waals surface area contributed by atoms with E-state index in [9.17, 15) is 9.59 Å². The molecule has 150 valence electrons. The molecule has 2 aromatic rings. The highest BCUT2D eigenvalue weighted by Crippen LogP contribution is 2.35. The second-order valence-corrected chi connectivity index (χ2v) is 8.69. The van der Waals surface area contributed by atoms with E-state index < -0.39 is 6.72 Å². The summed E-state index contributed by atoms with van der Waals surface area (Å²) < 4.78 is 15.2. The maximum atomic E-state index is 12.7. The van der Waals surface area contributed by atoms with E-state index in [4.69, 9.17) is 19.3 Å². The molecule has 0 aliphatic carbocycles. The number of amides is 2. The fourth-order valence-corrected chi connectivity index (χ4v) is 3.51. The predicted octanol–water partition coefficient (Wildman–Crippen LogP) is 1.69. The highest BCUT2D eigenvalue weighted by atomic mass is 32.5. The Labute approximate surface area is 166 Å². The van der Waals surface area contributed by atoms with Crippen molar-refractivity contribution in [2.75, 3.05) is 39.6 Å². The van der Waals surface area contributed by atoms with Crippen LogP contribution in [0.4, 0.5) is 0 Å². The van der Waals surface area contributed by atoms with Gasteiger partial charge in [-0.15, -0.1) is 0 Å². The van der Waals surface area contributed by atoms with Crippen molar-refractivity contribution in [1.29, 1.82) is 0 Å². The minimum absolute atomic E-state index is 0.0218. The molecule has 1 heterocycles. The lowest BCUT2D eigenvalue weighted by Crippen LogP contribution is -2.42. The van der Waals surface area contributed by atoms with Crippen molar-refractivity contribution in [2.24, 2.45) is 0 Å². The number of carbonyl (C=O) groups is 2. The Morgan fingerprint density at radius 2 is 1.39 bits per heavy atom. The Morgan fingerprint density at radius 1 is 0.857 bits per heavy atom. The topological polar surface area (TPSA) is 106 Å². The lowest BCUT2D eigenvalue weighted by Gasteiger charge is -2.27. The molecule has 2 amide bonds. The van der Waals surface area contributed by atoms with E-state index in [1.807, 2.05) is 12.1 Å². The lowest BCUT2D eigenvalue weighted by atomic mass is 9.94. The monoisotopic (exact) mass is 425 g/mol. The zero-order valence-electron chi connectivity index (χ0n) is 14.9. The summed E-state index contributed by atoms with van der Waals surface area (Å²) in [6.45, 7) is -2.68. The van der Waals surface area contributed by atoms with Crippen molar-refractivity contribution >= 4 is 41.1 Å². The predicted molar refractivity (Wildman–Crippen MR) is 106 cm³/mol. The van der Waals surface area contributed by atoms with Crippen molar-refractivity contribution in [2.45, 2.75) is 0 Å². The molecule has 0 fully saturated rings. The third kappa shape index (κ3) is 5.01. The van der Waals surface area contributed by atoms with Crippen molar-refractivity contribution in [3.05, 3.63) is 47.5 Å². The minimum atomic E-state index is -3.65. The van der Waals surface area contributed by atoms with E-state index in [0.29, 0.717) is 16.5 Å². The Balaban J connectivity index is 1.45. The van der Waals surface area contributed by atoms with E-state index in [1.165, 1.54) is 4.90 Å². The van der Waals surface area contributed by atoms with Crippen molar-refractivity contribution in [3.63, 3.8) is 0 Å². The molecule has 0 aromatic heterocycles. The molecule has 28 heavy (non-hydrogen) atoms. The van der Waals surface area contributed by atoms with Gasteiger partial charge in [0.05, 0.1) is 39.6 Å². The third-order valence-electron chi connectivity index (χ3n) is 4.17. The van der Waals surface area contributed by atoms with Crippen LogP contribution in [0.5, 0.6) is 0 Å².